The molecule has 0 amide bonds. The Bertz CT molecular complexity index is 1010. The molecule has 1 aliphatic heterocycles. The van der Waals surface area contributed by atoms with Gasteiger partial charge in [0.1, 0.15) is 0 Å². The largest absolute Gasteiger partial charge is 0.493 e. The summed E-state index contributed by atoms with van der Waals surface area (Å²) in [6.45, 7) is 2.50. The van der Waals surface area contributed by atoms with Crippen LogP contribution in [-0.4, -0.2) is 44.2 Å². The molecule has 0 atom stereocenters. The number of halogens is 1. The summed E-state index contributed by atoms with van der Waals surface area (Å²) in [6.07, 6.45) is 1.88. The van der Waals surface area contributed by atoms with Crippen molar-refractivity contribution in [2.75, 3.05) is 34.4 Å². The van der Waals surface area contributed by atoms with Crippen LogP contribution in [0.15, 0.2) is 36.4 Å². The first-order valence-electron chi connectivity index (χ1n) is 9.98. The highest BCUT2D eigenvalue weighted by molar-refractivity contribution is 6.30. The van der Waals surface area contributed by atoms with E-state index in [1.54, 1.807) is 21.3 Å². The van der Waals surface area contributed by atoms with Gasteiger partial charge in [-0.3, -0.25) is 4.68 Å². The summed E-state index contributed by atoms with van der Waals surface area (Å²) >= 11 is 6.09. The molecule has 1 aromatic heterocycles. The summed E-state index contributed by atoms with van der Waals surface area (Å²) in [5, 5.41) is 9.23. The number of hydrogen-bond donors (Lipinski definition) is 1. The summed E-state index contributed by atoms with van der Waals surface area (Å²) in [5.74, 6) is 1.88. The zero-order chi connectivity index (χ0) is 21.1. The van der Waals surface area contributed by atoms with Crippen molar-refractivity contribution >= 4 is 11.6 Å². The highest BCUT2D eigenvalue weighted by Crippen LogP contribution is 2.38. The maximum atomic E-state index is 6.09. The van der Waals surface area contributed by atoms with E-state index in [0.717, 1.165) is 47.8 Å². The van der Waals surface area contributed by atoms with Crippen LogP contribution >= 0.6 is 11.6 Å². The Labute approximate surface area is 181 Å². The molecule has 0 saturated carbocycles. The highest BCUT2D eigenvalue weighted by atomic mass is 35.5. The minimum absolute atomic E-state index is 0.592. The molecule has 1 N–H and O–H groups in total. The molecular weight excluding hydrogens is 402 g/mol. The van der Waals surface area contributed by atoms with Crippen molar-refractivity contribution in [3.05, 3.63) is 58.2 Å². The van der Waals surface area contributed by atoms with Crippen LogP contribution in [0.3, 0.4) is 0 Å². The van der Waals surface area contributed by atoms with Crippen LogP contribution in [0.1, 0.15) is 16.8 Å². The van der Waals surface area contributed by atoms with Gasteiger partial charge in [-0.25, -0.2) is 0 Å². The molecular formula is C23H26ClN3O3. The number of benzene rings is 2. The third-order valence-electron chi connectivity index (χ3n) is 5.43. The van der Waals surface area contributed by atoms with E-state index in [0.29, 0.717) is 23.8 Å². The second-order valence-corrected chi connectivity index (χ2v) is 7.66. The van der Waals surface area contributed by atoms with Crippen LogP contribution in [0.25, 0.3) is 11.3 Å². The van der Waals surface area contributed by atoms with Crippen molar-refractivity contribution in [2.45, 2.75) is 19.4 Å². The van der Waals surface area contributed by atoms with Crippen molar-refractivity contribution in [1.82, 2.24) is 15.1 Å². The van der Waals surface area contributed by atoms with Gasteiger partial charge in [0.05, 0.1) is 33.6 Å². The molecule has 7 heteroatoms. The van der Waals surface area contributed by atoms with Gasteiger partial charge >= 0.3 is 0 Å². The van der Waals surface area contributed by atoms with Gasteiger partial charge < -0.3 is 19.5 Å². The molecule has 158 valence electrons. The van der Waals surface area contributed by atoms with E-state index >= 15 is 0 Å². The van der Waals surface area contributed by atoms with Gasteiger partial charge in [0.15, 0.2) is 11.5 Å². The zero-order valence-electron chi connectivity index (χ0n) is 17.5. The van der Waals surface area contributed by atoms with E-state index < -0.39 is 0 Å². The zero-order valence-corrected chi connectivity index (χ0v) is 18.3. The van der Waals surface area contributed by atoms with Gasteiger partial charge in [-0.1, -0.05) is 23.7 Å². The van der Waals surface area contributed by atoms with Crippen LogP contribution in [0.4, 0.5) is 0 Å². The predicted octanol–water partition coefficient (Wildman–Crippen LogP) is 3.97. The van der Waals surface area contributed by atoms with E-state index in [4.69, 9.17) is 30.9 Å². The number of nitrogens with zero attached hydrogens (tertiary/aromatic N) is 2. The number of fused-ring (bicyclic) bond motifs is 1. The standard InChI is InChI=1S/C23H26ClN3O3/c1-28-20-12-15(13-21(29-2)23(20)30-3)14-27-19-9-11-25-10-8-18(19)22(26-27)16-4-6-17(24)7-5-16/h4-7,12-13,25H,8-11,14H2,1-3H3. The van der Waals surface area contributed by atoms with E-state index in [1.165, 1.54) is 11.3 Å². The molecule has 0 fully saturated rings. The van der Waals surface area contributed by atoms with Crippen molar-refractivity contribution in [2.24, 2.45) is 0 Å². The van der Waals surface area contributed by atoms with Gasteiger partial charge in [-0.05, 0) is 42.8 Å². The second kappa shape index (κ2) is 8.98. The molecule has 2 heterocycles. The first-order valence-corrected chi connectivity index (χ1v) is 10.4. The average molecular weight is 428 g/mol. The monoisotopic (exact) mass is 427 g/mol. The Hall–Kier alpha value is -2.70. The molecule has 0 bridgehead atoms. The third-order valence-corrected chi connectivity index (χ3v) is 5.68. The lowest BCUT2D eigenvalue weighted by Crippen LogP contribution is -2.17. The predicted molar refractivity (Wildman–Crippen MR) is 118 cm³/mol. The fourth-order valence-corrected chi connectivity index (χ4v) is 4.12. The van der Waals surface area contributed by atoms with Crippen LogP contribution in [-0.2, 0) is 19.4 Å². The van der Waals surface area contributed by atoms with E-state index in [-0.39, 0.29) is 0 Å². The first-order chi connectivity index (χ1) is 14.6. The van der Waals surface area contributed by atoms with Crippen molar-refractivity contribution < 1.29 is 14.2 Å². The van der Waals surface area contributed by atoms with E-state index in [2.05, 4.69) is 10.00 Å². The smallest absolute Gasteiger partial charge is 0.203 e. The number of ether oxygens (including phenoxy) is 3. The normalized spacial score (nSPS) is 13.5. The Balaban J connectivity index is 1.77. The number of methoxy groups -OCH3 is 3. The fourth-order valence-electron chi connectivity index (χ4n) is 3.99. The molecule has 0 radical (unpaired) electrons. The molecule has 0 spiro atoms. The minimum Gasteiger partial charge on any atom is -0.493 e. The van der Waals surface area contributed by atoms with Gasteiger partial charge in [-0.15, -0.1) is 0 Å². The number of hydrogen-bond acceptors (Lipinski definition) is 5. The Kier molecular flexibility index (Phi) is 6.16. The molecule has 3 aromatic rings. The molecule has 0 aliphatic carbocycles. The Morgan fingerprint density at radius 2 is 1.63 bits per heavy atom. The Morgan fingerprint density at radius 1 is 0.967 bits per heavy atom. The highest BCUT2D eigenvalue weighted by Gasteiger charge is 2.22. The van der Waals surface area contributed by atoms with Crippen LogP contribution in [0.2, 0.25) is 5.02 Å². The molecule has 0 unspecified atom stereocenters. The average Bonchev–Trinajstić information content (AvgIpc) is 2.93. The topological polar surface area (TPSA) is 57.5 Å². The first kappa shape index (κ1) is 20.6. The second-order valence-electron chi connectivity index (χ2n) is 7.22. The van der Waals surface area contributed by atoms with Crippen molar-refractivity contribution in [3.8, 4) is 28.5 Å². The van der Waals surface area contributed by atoms with Gasteiger partial charge in [0.25, 0.3) is 0 Å². The summed E-state index contributed by atoms with van der Waals surface area (Å²) in [5.41, 5.74) is 5.71. The van der Waals surface area contributed by atoms with E-state index in [9.17, 15) is 0 Å². The van der Waals surface area contributed by atoms with Crippen molar-refractivity contribution in [1.29, 1.82) is 0 Å². The van der Waals surface area contributed by atoms with Crippen LogP contribution in [0, 0.1) is 0 Å². The molecule has 1 aliphatic rings. The maximum absolute atomic E-state index is 6.09. The number of aromatic nitrogens is 2. The summed E-state index contributed by atoms with van der Waals surface area (Å²) in [7, 11) is 4.87. The van der Waals surface area contributed by atoms with E-state index in [1.807, 2.05) is 36.4 Å². The minimum atomic E-state index is 0.592. The fraction of sp³-hybridized carbons (Fsp3) is 0.348. The van der Waals surface area contributed by atoms with Gasteiger partial charge in [0.2, 0.25) is 5.75 Å². The molecule has 2 aromatic carbocycles. The lowest BCUT2D eigenvalue weighted by atomic mass is 10.0. The molecule has 30 heavy (non-hydrogen) atoms. The Morgan fingerprint density at radius 3 is 2.27 bits per heavy atom. The summed E-state index contributed by atoms with van der Waals surface area (Å²) in [4.78, 5) is 0. The summed E-state index contributed by atoms with van der Waals surface area (Å²) < 4.78 is 18.6. The molecule has 4 rings (SSSR count). The van der Waals surface area contributed by atoms with Gasteiger partial charge in [-0.2, -0.15) is 5.10 Å². The summed E-state index contributed by atoms with van der Waals surface area (Å²) in [6, 6.07) is 11.9. The van der Waals surface area contributed by atoms with Crippen LogP contribution in [0.5, 0.6) is 17.2 Å². The number of nitrogens with one attached hydrogen (secondary N) is 1. The maximum Gasteiger partial charge on any atom is 0.203 e. The SMILES string of the molecule is COc1cc(Cn2nc(-c3ccc(Cl)cc3)c3c2CCNCC3)cc(OC)c1OC. The molecule has 6 nitrogen and oxygen atoms in total. The van der Waals surface area contributed by atoms with Crippen molar-refractivity contribution in [3.63, 3.8) is 0 Å². The van der Waals surface area contributed by atoms with Crippen LogP contribution < -0.4 is 19.5 Å². The molecule has 0 saturated heterocycles. The third kappa shape index (κ3) is 3.98. The lowest BCUT2D eigenvalue weighted by Gasteiger charge is -2.15. The van der Waals surface area contributed by atoms with Gasteiger partial charge in [0, 0.05) is 34.8 Å². The lowest BCUT2D eigenvalue weighted by molar-refractivity contribution is 0.323. The quantitative estimate of drug-likeness (QED) is 0.645. The number of rotatable bonds is 6.